The first kappa shape index (κ1) is 13.8. The van der Waals surface area contributed by atoms with E-state index in [2.05, 4.69) is 22.1 Å². The van der Waals surface area contributed by atoms with Gasteiger partial charge in [0.05, 0.1) is 0 Å². The lowest BCUT2D eigenvalue weighted by Gasteiger charge is -2.11. The molecule has 6 heteroatoms. The number of para-hydroxylation sites is 3. The Kier molecular flexibility index (Phi) is 4.10. The molecule has 1 heterocycles. The number of nitrogens with zero attached hydrogens (tertiary/aromatic N) is 4. The number of allylic oxidation sites excluding steroid dienone is 1. The third kappa shape index (κ3) is 3.12. The van der Waals surface area contributed by atoms with Gasteiger partial charge in [-0.25, -0.2) is 0 Å². The number of rotatable bonds is 6. The molecular weight excluding hydrogens is 280 g/mol. The van der Waals surface area contributed by atoms with Crippen molar-refractivity contribution in [2.24, 2.45) is 0 Å². The van der Waals surface area contributed by atoms with E-state index in [9.17, 15) is 0 Å². The minimum absolute atomic E-state index is 0.509. The Balaban J connectivity index is 1.85. The minimum Gasteiger partial charge on any atom is -0.453 e. The summed E-state index contributed by atoms with van der Waals surface area (Å²) in [6.07, 6.45) is 2.21. The fraction of sp³-hybridized carbons (Fsp3) is 0.0625. The van der Waals surface area contributed by atoms with Gasteiger partial charge in [-0.1, -0.05) is 41.3 Å². The Morgan fingerprint density at radius 2 is 1.73 bits per heavy atom. The summed E-state index contributed by atoms with van der Waals surface area (Å²) in [5, 5.41) is 11.3. The average Bonchev–Trinajstić information content (AvgIpc) is 2.98. The van der Waals surface area contributed by atoms with Gasteiger partial charge in [0.1, 0.15) is 5.75 Å². The summed E-state index contributed by atoms with van der Waals surface area (Å²) < 4.78 is 5.83. The van der Waals surface area contributed by atoms with Crippen LogP contribution in [0.15, 0.2) is 67.3 Å². The van der Waals surface area contributed by atoms with Crippen molar-refractivity contribution in [1.29, 1.82) is 0 Å². The van der Waals surface area contributed by atoms with Crippen molar-refractivity contribution in [1.82, 2.24) is 20.4 Å². The number of aromatic nitrogens is 4. The Hall–Kier alpha value is -3.15. The number of hydrogen-bond donors (Lipinski definition) is 0. The van der Waals surface area contributed by atoms with Crippen LogP contribution < -0.4 is 9.57 Å². The topological polar surface area (TPSA) is 62.1 Å². The molecule has 0 radical (unpaired) electrons. The minimum atomic E-state index is 0.509. The molecule has 0 bridgehead atoms. The standard InChI is InChI=1S/C16H14N4O2/c1-2-8-16-17-18-19-20(16)22-15-12-7-6-11-14(15)21-13-9-4-3-5-10-13/h2-7,9-12H,1,8H2. The Morgan fingerprint density at radius 3 is 2.50 bits per heavy atom. The van der Waals surface area contributed by atoms with Crippen LogP contribution in [-0.2, 0) is 6.42 Å². The van der Waals surface area contributed by atoms with Gasteiger partial charge >= 0.3 is 0 Å². The predicted molar refractivity (Wildman–Crippen MR) is 80.7 cm³/mol. The molecule has 22 heavy (non-hydrogen) atoms. The van der Waals surface area contributed by atoms with Crippen LogP contribution in [0.4, 0.5) is 0 Å². The van der Waals surface area contributed by atoms with E-state index < -0.39 is 0 Å². The number of tetrazole rings is 1. The third-order valence-electron chi connectivity index (χ3n) is 2.83. The SMILES string of the molecule is C=CCc1nnnn1Oc1ccccc1Oc1ccccc1. The molecule has 0 amide bonds. The van der Waals surface area contributed by atoms with E-state index in [1.165, 1.54) is 4.85 Å². The molecule has 0 aliphatic carbocycles. The van der Waals surface area contributed by atoms with E-state index in [-0.39, 0.29) is 0 Å². The van der Waals surface area contributed by atoms with Crippen LogP contribution >= 0.6 is 0 Å². The van der Waals surface area contributed by atoms with Crippen LogP contribution in [0.5, 0.6) is 17.2 Å². The summed E-state index contributed by atoms with van der Waals surface area (Å²) in [5.41, 5.74) is 0. The molecule has 0 saturated heterocycles. The van der Waals surface area contributed by atoms with Gasteiger partial charge in [0.25, 0.3) is 0 Å². The van der Waals surface area contributed by atoms with Crippen molar-refractivity contribution in [3.63, 3.8) is 0 Å². The average molecular weight is 294 g/mol. The molecule has 0 spiro atoms. The van der Waals surface area contributed by atoms with E-state index in [0.29, 0.717) is 23.7 Å². The lowest BCUT2D eigenvalue weighted by molar-refractivity contribution is 0.159. The highest BCUT2D eigenvalue weighted by atomic mass is 16.7. The van der Waals surface area contributed by atoms with E-state index in [1.54, 1.807) is 12.1 Å². The second-order valence-electron chi connectivity index (χ2n) is 4.41. The van der Waals surface area contributed by atoms with E-state index in [4.69, 9.17) is 9.57 Å². The van der Waals surface area contributed by atoms with Crippen LogP contribution in [0, 0.1) is 0 Å². The molecule has 6 nitrogen and oxygen atoms in total. The first-order chi connectivity index (χ1) is 10.9. The molecule has 0 atom stereocenters. The van der Waals surface area contributed by atoms with Gasteiger partial charge in [-0.3, -0.25) is 0 Å². The Morgan fingerprint density at radius 1 is 1.00 bits per heavy atom. The van der Waals surface area contributed by atoms with Gasteiger partial charge in [-0.2, -0.15) is 0 Å². The van der Waals surface area contributed by atoms with Gasteiger partial charge in [-0.05, 0) is 34.7 Å². The fourth-order valence-electron chi connectivity index (χ4n) is 1.84. The van der Waals surface area contributed by atoms with Crippen molar-refractivity contribution >= 4 is 0 Å². The maximum Gasteiger partial charge on any atom is 0.200 e. The van der Waals surface area contributed by atoms with Gasteiger partial charge in [-0.15, -0.1) is 11.7 Å². The fourth-order valence-corrected chi connectivity index (χ4v) is 1.84. The van der Waals surface area contributed by atoms with Crippen LogP contribution in [0.25, 0.3) is 0 Å². The Bertz CT molecular complexity index is 756. The summed E-state index contributed by atoms with van der Waals surface area (Å²) in [4.78, 5) is 6.97. The van der Waals surface area contributed by atoms with Gasteiger partial charge in [0.15, 0.2) is 11.6 Å². The zero-order valence-electron chi connectivity index (χ0n) is 11.8. The highest BCUT2D eigenvalue weighted by Gasteiger charge is 2.11. The van der Waals surface area contributed by atoms with Crippen molar-refractivity contribution in [2.45, 2.75) is 6.42 Å². The van der Waals surface area contributed by atoms with Crippen molar-refractivity contribution < 1.29 is 9.57 Å². The first-order valence-corrected chi connectivity index (χ1v) is 6.75. The van der Waals surface area contributed by atoms with E-state index >= 15 is 0 Å². The van der Waals surface area contributed by atoms with Crippen LogP contribution in [0.3, 0.4) is 0 Å². The Labute approximate surface area is 127 Å². The monoisotopic (exact) mass is 294 g/mol. The molecule has 0 saturated carbocycles. The summed E-state index contributed by atoms with van der Waals surface area (Å²) in [7, 11) is 0. The molecule has 0 aliphatic heterocycles. The lowest BCUT2D eigenvalue weighted by atomic mass is 10.3. The van der Waals surface area contributed by atoms with Gasteiger partial charge < -0.3 is 9.57 Å². The van der Waals surface area contributed by atoms with E-state index in [0.717, 1.165) is 5.75 Å². The maximum absolute atomic E-state index is 5.83. The molecule has 110 valence electrons. The van der Waals surface area contributed by atoms with Crippen LogP contribution in [-0.4, -0.2) is 20.4 Å². The molecule has 3 aromatic rings. The maximum atomic E-state index is 5.83. The largest absolute Gasteiger partial charge is 0.453 e. The van der Waals surface area contributed by atoms with E-state index in [1.807, 2.05) is 48.5 Å². The second kappa shape index (κ2) is 6.53. The molecule has 1 aromatic heterocycles. The molecule has 2 aromatic carbocycles. The zero-order valence-corrected chi connectivity index (χ0v) is 11.8. The lowest BCUT2D eigenvalue weighted by Crippen LogP contribution is -2.12. The molecular formula is C16H14N4O2. The summed E-state index contributed by atoms with van der Waals surface area (Å²) >= 11 is 0. The predicted octanol–water partition coefficient (Wildman–Crippen LogP) is 3.04. The van der Waals surface area contributed by atoms with Gasteiger partial charge in [0, 0.05) is 6.42 Å². The number of benzene rings is 2. The zero-order chi connectivity index (χ0) is 15.2. The summed E-state index contributed by atoms with van der Waals surface area (Å²) in [5.74, 6) is 2.38. The molecule has 0 aliphatic rings. The van der Waals surface area contributed by atoms with Crippen molar-refractivity contribution in [2.75, 3.05) is 0 Å². The summed E-state index contributed by atoms with van der Waals surface area (Å²) in [6, 6.07) is 16.8. The third-order valence-corrected chi connectivity index (χ3v) is 2.83. The first-order valence-electron chi connectivity index (χ1n) is 6.75. The highest BCUT2D eigenvalue weighted by molar-refractivity contribution is 5.42. The molecule has 0 fully saturated rings. The molecule has 0 N–H and O–H groups in total. The van der Waals surface area contributed by atoms with Gasteiger partial charge in [0.2, 0.25) is 5.75 Å². The number of hydrogen-bond acceptors (Lipinski definition) is 5. The van der Waals surface area contributed by atoms with Crippen molar-refractivity contribution in [3.05, 3.63) is 73.1 Å². The normalized spacial score (nSPS) is 10.2. The highest BCUT2D eigenvalue weighted by Crippen LogP contribution is 2.31. The van der Waals surface area contributed by atoms with Crippen LogP contribution in [0.2, 0.25) is 0 Å². The van der Waals surface area contributed by atoms with Crippen LogP contribution in [0.1, 0.15) is 5.82 Å². The molecule has 0 unspecified atom stereocenters. The summed E-state index contributed by atoms with van der Waals surface area (Å²) in [6.45, 7) is 3.67. The van der Waals surface area contributed by atoms with Crippen molar-refractivity contribution in [3.8, 4) is 17.2 Å². The smallest absolute Gasteiger partial charge is 0.200 e. The quantitative estimate of drug-likeness (QED) is 0.654. The molecule has 3 rings (SSSR count). The second-order valence-corrected chi connectivity index (χ2v) is 4.41. The number of ether oxygens (including phenoxy) is 1.